The maximum absolute atomic E-state index is 14.1. The summed E-state index contributed by atoms with van der Waals surface area (Å²) in [5, 5.41) is 0.386. The Kier molecular flexibility index (Phi) is 9.15. The summed E-state index contributed by atoms with van der Waals surface area (Å²) >= 11 is 1.23. The van der Waals surface area contributed by atoms with E-state index in [-0.39, 0.29) is 40.9 Å². The van der Waals surface area contributed by atoms with Crippen molar-refractivity contribution in [1.82, 2.24) is 9.88 Å². The lowest BCUT2D eigenvalue weighted by Crippen LogP contribution is -2.34. The van der Waals surface area contributed by atoms with Crippen LogP contribution < -0.4 is 4.90 Å². The van der Waals surface area contributed by atoms with E-state index in [2.05, 4.69) is 4.98 Å². The molecule has 174 valence electrons. The molecular formula is C22H27ClFN3O3S2. The van der Waals surface area contributed by atoms with Crippen LogP contribution in [0.3, 0.4) is 0 Å². The number of rotatable bonds is 9. The summed E-state index contributed by atoms with van der Waals surface area (Å²) < 4.78 is 40.1. The zero-order valence-corrected chi connectivity index (χ0v) is 20.7. The van der Waals surface area contributed by atoms with Crippen molar-refractivity contribution in [2.45, 2.75) is 24.7 Å². The van der Waals surface area contributed by atoms with Crippen molar-refractivity contribution in [2.75, 3.05) is 37.8 Å². The lowest BCUT2D eigenvalue weighted by Gasteiger charge is -2.21. The lowest BCUT2D eigenvalue weighted by atomic mass is 10.2. The van der Waals surface area contributed by atoms with Gasteiger partial charge in [-0.15, -0.1) is 12.4 Å². The molecule has 0 saturated heterocycles. The number of benzene rings is 2. The number of anilines is 1. The van der Waals surface area contributed by atoms with E-state index in [0.717, 1.165) is 12.1 Å². The zero-order chi connectivity index (χ0) is 22.6. The minimum atomic E-state index is -3.59. The second kappa shape index (κ2) is 11.2. The van der Waals surface area contributed by atoms with Crippen molar-refractivity contribution >= 4 is 54.8 Å². The lowest BCUT2D eigenvalue weighted by molar-refractivity contribution is -0.118. The SMILES string of the molecule is Cc1ccc(S(=O)(=O)CCC(=O)N(CCCN(C)C)c2nc3c(F)cccc3s2)cc1.Cl. The zero-order valence-electron chi connectivity index (χ0n) is 18.2. The number of para-hydroxylation sites is 1. The predicted molar refractivity (Wildman–Crippen MR) is 130 cm³/mol. The number of carbonyl (C=O) groups is 1. The smallest absolute Gasteiger partial charge is 0.229 e. The highest BCUT2D eigenvalue weighted by atomic mass is 35.5. The molecule has 6 nitrogen and oxygen atoms in total. The largest absolute Gasteiger partial charge is 0.309 e. The molecule has 1 amide bonds. The summed E-state index contributed by atoms with van der Waals surface area (Å²) in [6.45, 7) is 3.01. The molecule has 0 unspecified atom stereocenters. The van der Waals surface area contributed by atoms with Crippen LogP contribution in [0.15, 0.2) is 47.4 Å². The molecule has 0 aliphatic rings. The number of nitrogens with zero attached hydrogens (tertiary/aromatic N) is 3. The van der Waals surface area contributed by atoms with E-state index in [9.17, 15) is 17.6 Å². The van der Waals surface area contributed by atoms with E-state index in [4.69, 9.17) is 0 Å². The Bertz CT molecular complexity index is 1160. The molecule has 3 rings (SSSR count). The van der Waals surface area contributed by atoms with Crippen molar-refractivity contribution in [1.29, 1.82) is 0 Å². The normalized spacial score (nSPS) is 11.5. The van der Waals surface area contributed by atoms with Gasteiger partial charge < -0.3 is 4.90 Å². The highest BCUT2D eigenvalue weighted by Gasteiger charge is 2.23. The molecule has 0 fully saturated rings. The summed E-state index contributed by atoms with van der Waals surface area (Å²) in [4.78, 5) is 21.1. The van der Waals surface area contributed by atoms with E-state index in [0.29, 0.717) is 22.8 Å². The number of carbonyl (C=O) groups excluding carboxylic acids is 1. The molecule has 0 aliphatic carbocycles. The first kappa shape index (κ1) is 26.2. The second-order valence-electron chi connectivity index (χ2n) is 7.67. The van der Waals surface area contributed by atoms with Gasteiger partial charge >= 0.3 is 0 Å². The van der Waals surface area contributed by atoms with Crippen molar-refractivity contribution in [3.63, 3.8) is 0 Å². The monoisotopic (exact) mass is 499 g/mol. The Morgan fingerprint density at radius 1 is 1.09 bits per heavy atom. The third-order valence-corrected chi connectivity index (χ3v) is 7.62. The maximum Gasteiger partial charge on any atom is 0.229 e. The van der Waals surface area contributed by atoms with Crippen molar-refractivity contribution < 1.29 is 17.6 Å². The molecule has 0 radical (unpaired) electrons. The van der Waals surface area contributed by atoms with Gasteiger partial charge in [0, 0.05) is 13.0 Å². The number of halogens is 2. The average molecular weight is 500 g/mol. The van der Waals surface area contributed by atoms with Crippen LogP contribution in [0.2, 0.25) is 0 Å². The molecule has 0 atom stereocenters. The first-order chi connectivity index (χ1) is 14.7. The van der Waals surface area contributed by atoms with Gasteiger partial charge in [0.15, 0.2) is 15.0 Å². The van der Waals surface area contributed by atoms with Gasteiger partial charge in [-0.2, -0.15) is 0 Å². The highest BCUT2D eigenvalue weighted by molar-refractivity contribution is 7.91. The van der Waals surface area contributed by atoms with Crippen LogP contribution in [0.5, 0.6) is 0 Å². The molecule has 0 bridgehead atoms. The van der Waals surface area contributed by atoms with E-state index in [1.165, 1.54) is 22.3 Å². The number of amides is 1. The maximum atomic E-state index is 14.1. The van der Waals surface area contributed by atoms with E-state index < -0.39 is 15.7 Å². The molecule has 2 aromatic carbocycles. The molecular weight excluding hydrogens is 473 g/mol. The van der Waals surface area contributed by atoms with Gasteiger partial charge in [-0.1, -0.05) is 35.1 Å². The molecule has 0 aliphatic heterocycles. The third-order valence-electron chi connectivity index (χ3n) is 4.84. The van der Waals surface area contributed by atoms with Crippen LogP contribution in [-0.4, -0.2) is 57.1 Å². The Hall–Kier alpha value is -2.07. The average Bonchev–Trinajstić information content (AvgIpc) is 3.15. The quantitative estimate of drug-likeness (QED) is 0.438. The fourth-order valence-electron chi connectivity index (χ4n) is 3.11. The van der Waals surface area contributed by atoms with Gasteiger partial charge in [0.2, 0.25) is 5.91 Å². The number of thiazole rings is 1. The van der Waals surface area contributed by atoms with Crippen LogP contribution in [0.4, 0.5) is 9.52 Å². The number of hydrogen-bond donors (Lipinski definition) is 0. The predicted octanol–water partition coefficient (Wildman–Crippen LogP) is 4.31. The Balaban J connectivity index is 0.00000363. The Morgan fingerprint density at radius 2 is 1.78 bits per heavy atom. The number of fused-ring (bicyclic) bond motifs is 1. The van der Waals surface area contributed by atoms with Crippen molar-refractivity contribution in [3.8, 4) is 0 Å². The van der Waals surface area contributed by atoms with Crippen LogP contribution in [0.25, 0.3) is 10.2 Å². The van der Waals surface area contributed by atoms with Crippen LogP contribution in [-0.2, 0) is 14.6 Å². The molecule has 32 heavy (non-hydrogen) atoms. The molecule has 0 N–H and O–H groups in total. The second-order valence-corrected chi connectivity index (χ2v) is 10.8. The Morgan fingerprint density at radius 3 is 2.41 bits per heavy atom. The Labute approximate surface area is 198 Å². The summed E-state index contributed by atoms with van der Waals surface area (Å²) in [6, 6.07) is 11.3. The first-order valence-electron chi connectivity index (χ1n) is 9.97. The fourth-order valence-corrected chi connectivity index (χ4v) is 5.36. The molecule has 3 aromatic rings. The standard InChI is InChI=1S/C22H26FN3O3S2.ClH/c1-16-8-10-17(11-9-16)31(28,29)15-12-20(27)26(14-5-13-25(2)3)22-24-21-18(23)6-4-7-19(21)30-22;/h4,6-11H,5,12-15H2,1-3H3;1H. The highest BCUT2D eigenvalue weighted by Crippen LogP contribution is 2.31. The van der Waals surface area contributed by atoms with Crippen LogP contribution in [0, 0.1) is 12.7 Å². The summed E-state index contributed by atoms with van der Waals surface area (Å²) in [6.07, 6.45) is 0.512. The fraction of sp³-hybridized carbons (Fsp3) is 0.364. The minimum Gasteiger partial charge on any atom is -0.309 e. The van der Waals surface area contributed by atoms with Gasteiger partial charge in [-0.05, 0) is 58.3 Å². The van der Waals surface area contributed by atoms with Crippen molar-refractivity contribution in [3.05, 3.63) is 53.8 Å². The van der Waals surface area contributed by atoms with E-state index in [1.54, 1.807) is 36.4 Å². The van der Waals surface area contributed by atoms with Gasteiger partial charge in [0.1, 0.15) is 11.3 Å². The minimum absolute atomic E-state index is 0. The van der Waals surface area contributed by atoms with Gasteiger partial charge in [-0.25, -0.2) is 17.8 Å². The number of aryl methyl sites for hydroxylation is 1. The van der Waals surface area contributed by atoms with Crippen LogP contribution >= 0.6 is 23.7 Å². The molecule has 0 spiro atoms. The van der Waals surface area contributed by atoms with E-state index in [1.807, 2.05) is 25.9 Å². The van der Waals surface area contributed by atoms with Gasteiger partial charge in [0.25, 0.3) is 0 Å². The number of sulfone groups is 1. The summed E-state index contributed by atoms with van der Waals surface area (Å²) in [5.74, 6) is -1.07. The molecule has 1 heterocycles. The van der Waals surface area contributed by atoms with Gasteiger partial charge in [0.05, 0.1) is 15.3 Å². The van der Waals surface area contributed by atoms with E-state index >= 15 is 0 Å². The summed E-state index contributed by atoms with van der Waals surface area (Å²) in [5.41, 5.74) is 1.19. The van der Waals surface area contributed by atoms with Gasteiger partial charge in [-0.3, -0.25) is 9.69 Å². The molecule has 0 saturated carbocycles. The number of aromatic nitrogens is 1. The van der Waals surface area contributed by atoms with Crippen LogP contribution in [0.1, 0.15) is 18.4 Å². The molecule has 10 heteroatoms. The summed E-state index contributed by atoms with van der Waals surface area (Å²) in [7, 11) is 0.290. The van der Waals surface area contributed by atoms with Crippen molar-refractivity contribution in [2.24, 2.45) is 0 Å². The third kappa shape index (κ3) is 6.48. The molecule has 1 aromatic heterocycles. The number of hydrogen-bond acceptors (Lipinski definition) is 6. The topological polar surface area (TPSA) is 70.6 Å². The first-order valence-corrected chi connectivity index (χ1v) is 12.4.